The summed E-state index contributed by atoms with van der Waals surface area (Å²) in [6, 6.07) is 11.3. The van der Waals surface area contributed by atoms with E-state index >= 15 is 0 Å². The second-order valence-electron chi connectivity index (χ2n) is 6.10. The molecule has 19 heavy (non-hydrogen) atoms. The molecule has 100 valence electrons. The lowest BCUT2D eigenvalue weighted by Crippen LogP contribution is -2.31. The summed E-state index contributed by atoms with van der Waals surface area (Å²) in [5.41, 5.74) is 2.71. The monoisotopic (exact) mass is 255 g/mol. The molecule has 0 N–H and O–H groups in total. The summed E-state index contributed by atoms with van der Waals surface area (Å²) < 4.78 is 5.43. The number of benzene rings is 1. The van der Waals surface area contributed by atoms with Gasteiger partial charge in [-0.3, -0.25) is 0 Å². The maximum atomic E-state index is 9.72. The van der Waals surface area contributed by atoms with Gasteiger partial charge in [-0.05, 0) is 55.6 Å². The highest BCUT2D eigenvalue weighted by Gasteiger charge is 2.36. The Bertz CT molecular complexity index is 484. The predicted octanol–water partition coefficient (Wildman–Crippen LogP) is 3.50. The van der Waals surface area contributed by atoms with Crippen molar-refractivity contribution in [3.63, 3.8) is 0 Å². The van der Waals surface area contributed by atoms with E-state index in [1.807, 2.05) is 0 Å². The molecule has 1 aromatic rings. The molecule has 1 atom stereocenters. The molecular weight excluding hydrogens is 234 g/mol. The summed E-state index contributed by atoms with van der Waals surface area (Å²) in [5, 5.41) is 9.72. The third kappa shape index (κ3) is 2.67. The summed E-state index contributed by atoms with van der Waals surface area (Å²) in [7, 11) is 0. The molecule has 1 unspecified atom stereocenters. The van der Waals surface area contributed by atoms with Gasteiger partial charge in [-0.2, -0.15) is 5.26 Å². The van der Waals surface area contributed by atoms with Gasteiger partial charge in [0.05, 0.1) is 11.5 Å². The van der Waals surface area contributed by atoms with Crippen molar-refractivity contribution in [1.82, 2.24) is 0 Å². The Morgan fingerprint density at radius 3 is 2.68 bits per heavy atom. The summed E-state index contributed by atoms with van der Waals surface area (Å²) in [6.45, 7) is 1.76. The van der Waals surface area contributed by atoms with E-state index in [0.717, 1.165) is 51.7 Å². The standard InChI is InChI=1S/C17H21NO/c18-13-17(11-14-6-9-19-10-7-14)8-5-15-3-1-2-4-16(15)12-17/h1-4,14H,5-12H2. The molecule has 2 heteroatoms. The van der Waals surface area contributed by atoms with Crippen LogP contribution in [0.5, 0.6) is 0 Å². The van der Waals surface area contributed by atoms with E-state index in [4.69, 9.17) is 4.74 Å². The fourth-order valence-corrected chi connectivity index (χ4v) is 3.62. The molecule has 0 spiro atoms. The Morgan fingerprint density at radius 1 is 1.21 bits per heavy atom. The van der Waals surface area contributed by atoms with Gasteiger partial charge in [0.25, 0.3) is 0 Å². The van der Waals surface area contributed by atoms with Gasteiger partial charge in [-0.1, -0.05) is 24.3 Å². The Balaban J connectivity index is 1.76. The highest BCUT2D eigenvalue weighted by atomic mass is 16.5. The zero-order chi connectivity index (χ0) is 13.1. The molecule has 1 aliphatic carbocycles. The number of hydrogen-bond donors (Lipinski definition) is 0. The number of aryl methyl sites for hydroxylation is 1. The van der Waals surface area contributed by atoms with E-state index in [9.17, 15) is 5.26 Å². The van der Waals surface area contributed by atoms with Crippen LogP contribution in [0.3, 0.4) is 0 Å². The molecular formula is C17H21NO. The fraction of sp³-hybridized carbons (Fsp3) is 0.588. The lowest BCUT2D eigenvalue weighted by molar-refractivity contribution is 0.0517. The van der Waals surface area contributed by atoms with Crippen LogP contribution in [0.4, 0.5) is 0 Å². The first-order valence-electron chi connectivity index (χ1n) is 7.37. The maximum absolute atomic E-state index is 9.72. The van der Waals surface area contributed by atoms with Crippen LogP contribution in [0.2, 0.25) is 0 Å². The SMILES string of the molecule is N#CC1(CC2CCOCC2)CCc2ccccc2C1. The molecule has 1 aliphatic heterocycles. The van der Waals surface area contributed by atoms with Gasteiger partial charge in [-0.25, -0.2) is 0 Å². The van der Waals surface area contributed by atoms with Crippen LogP contribution in [0.25, 0.3) is 0 Å². The first-order valence-corrected chi connectivity index (χ1v) is 7.37. The normalized spacial score (nSPS) is 27.5. The second kappa shape index (κ2) is 5.35. The van der Waals surface area contributed by atoms with E-state index < -0.39 is 0 Å². The zero-order valence-corrected chi connectivity index (χ0v) is 11.4. The zero-order valence-electron chi connectivity index (χ0n) is 11.4. The van der Waals surface area contributed by atoms with Crippen molar-refractivity contribution in [2.45, 2.75) is 38.5 Å². The quantitative estimate of drug-likeness (QED) is 0.810. The largest absolute Gasteiger partial charge is 0.381 e. The van der Waals surface area contributed by atoms with Gasteiger partial charge in [0.1, 0.15) is 0 Å². The minimum atomic E-state index is -0.129. The molecule has 1 fully saturated rings. The molecule has 2 aliphatic rings. The highest BCUT2D eigenvalue weighted by Crippen LogP contribution is 2.41. The molecule has 1 saturated heterocycles. The number of rotatable bonds is 2. The Morgan fingerprint density at radius 2 is 1.95 bits per heavy atom. The first kappa shape index (κ1) is 12.7. The number of nitriles is 1. The van der Waals surface area contributed by atoms with Crippen molar-refractivity contribution in [3.8, 4) is 6.07 Å². The van der Waals surface area contributed by atoms with Gasteiger partial charge < -0.3 is 4.74 Å². The van der Waals surface area contributed by atoms with E-state index in [1.165, 1.54) is 11.1 Å². The van der Waals surface area contributed by atoms with Gasteiger partial charge in [0.2, 0.25) is 0 Å². The predicted molar refractivity (Wildman–Crippen MR) is 74.7 cm³/mol. The summed E-state index contributed by atoms with van der Waals surface area (Å²) in [5.74, 6) is 0.679. The lowest BCUT2D eigenvalue weighted by Gasteiger charge is -2.36. The van der Waals surface area contributed by atoms with Crippen LogP contribution >= 0.6 is 0 Å². The maximum Gasteiger partial charge on any atom is 0.0693 e. The number of nitrogens with zero attached hydrogens (tertiary/aromatic N) is 1. The van der Waals surface area contributed by atoms with Gasteiger partial charge in [-0.15, -0.1) is 0 Å². The molecule has 0 aromatic heterocycles. The van der Waals surface area contributed by atoms with Crippen molar-refractivity contribution in [3.05, 3.63) is 35.4 Å². The number of fused-ring (bicyclic) bond motifs is 1. The molecule has 3 rings (SSSR count). The third-order valence-corrected chi connectivity index (χ3v) is 4.78. The van der Waals surface area contributed by atoms with Gasteiger partial charge in [0, 0.05) is 13.2 Å². The van der Waals surface area contributed by atoms with Gasteiger partial charge in [0.15, 0.2) is 0 Å². The van der Waals surface area contributed by atoms with E-state index in [1.54, 1.807) is 0 Å². The highest BCUT2D eigenvalue weighted by molar-refractivity contribution is 5.32. The molecule has 0 amide bonds. The number of hydrogen-bond acceptors (Lipinski definition) is 2. The van der Waals surface area contributed by atoms with Crippen LogP contribution in [0, 0.1) is 22.7 Å². The first-order chi connectivity index (χ1) is 9.31. The third-order valence-electron chi connectivity index (χ3n) is 4.78. The van der Waals surface area contributed by atoms with Crippen LogP contribution in [-0.2, 0) is 17.6 Å². The molecule has 0 saturated carbocycles. The van der Waals surface area contributed by atoms with Gasteiger partial charge >= 0.3 is 0 Å². The van der Waals surface area contributed by atoms with Crippen LogP contribution in [0.15, 0.2) is 24.3 Å². The molecule has 1 aromatic carbocycles. The molecule has 0 radical (unpaired) electrons. The summed E-state index contributed by atoms with van der Waals surface area (Å²) >= 11 is 0. The summed E-state index contributed by atoms with van der Waals surface area (Å²) in [6.07, 6.45) is 6.35. The number of ether oxygens (including phenoxy) is 1. The average molecular weight is 255 g/mol. The van der Waals surface area contributed by atoms with E-state index in [-0.39, 0.29) is 5.41 Å². The Kier molecular flexibility index (Phi) is 3.57. The van der Waals surface area contributed by atoms with E-state index in [0.29, 0.717) is 5.92 Å². The van der Waals surface area contributed by atoms with Crippen molar-refractivity contribution in [1.29, 1.82) is 5.26 Å². The minimum absolute atomic E-state index is 0.129. The van der Waals surface area contributed by atoms with Crippen LogP contribution in [0.1, 0.15) is 36.8 Å². The van der Waals surface area contributed by atoms with Crippen molar-refractivity contribution < 1.29 is 4.74 Å². The van der Waals surface area contributed by atoms with E-state index in [2.05, 4.69) is 30.3 Å². The lowest BCUT2D eigenvalue weighted by atomic mass is 9.67. The van der Waals surface area contributed by atoms with Crippen molar-refractivity contribution in [2.24, 2.45) is 11.3 Å². The van der Waals surface area contributed by atoms with Crippen molar-refractivity contribution >= 4 is 0 Å². The topological polar surface area (TPSA) is 33.0 Å². The van der Waals surface area contributed by atoms with Crippen LogP contribution < -0.4 is 0 Å². The smallest absolute Gasteiger partial charge is 0.0693 e. The van der Waals surface area contributed by atoms with Crippen molar-refractivity contribution in [2.75, 3.05) is 13.2 Å². The molecule has 1 heterocycles. The summed E-state index contributed by atoms with van der Waals surface area (Å²) in [4.78, 5) is 0. The second-order valence-corrected chi connectivity index (χ2v) is 6.10. The molecule has 2 nitrogen and oxygen atoms in total. The Hall–Kier alpha value is -1.33. The minimum Gasteiger partial charge on any atom is -0.381 e. The average Bonchev–Trinajstić information content (AvgIpc) is 2.48. The molecule has 0 bridgehead atoms. The Labute approximate surface area is 115 Å². The fourth-order valence-electron chi connectivity index (χ4n) is 3.62. The van der Waals surface area contributed by atoms with Crippen LogP contribution in [-0.4, -0.2) is 13.2 Å².